The lowest BCUT2D eigenvalue weighted by molar-refractivity contribution is 0.716. The fourth-order valence-corrected chi connectivity index (χ4v) is 3.74. The standard InChI is InChI=1S/C18H20Cl2N4/c19-14-6-5-13(16(20)9-14)12-24-15(11-21)10-17(22)18(24)23-7-3-1-2-4-8-23/h5-6,9-10H,1-4,7-8,12,22H2. The summed E-state index contributed by atoms with van der Waals surface area (Å²) in [7, 11) is 0. The third-order valence-electron chi connectivity index (χ3n) is 4.46. The van der Waals surface area contributed by atoms with Crippen molar-refractivity contribution in [2.75, 3.05) is 23.7 Å². The largest absolute Gasteiger partial charge is 0.396 e. The molecule has 6 heteroatoms. The molecule has 1 aromatic heterocycles. The first-order valence-corrected chi connectivity index (χ1v) is 8.93. The van der Waals surface area contributed by atoms with E-state index in [-0.39, 0.29) is 0 Å². The van der Waals surface area contributed by atoms with Crippen LogP contribution in [0.2, 0.25) is 10.0 Å². The lowest BCUT2D eigenvalue weighted by Gasteiger charge is -2.25. The van der Waals surface area contributed by atoms with Crippen LogP contribution >= 0.6 is 23.2 Å². The van der Waals surface area contributed by atoms with Crippen molar-refractivity contribution in [2.45, 2.75) is 32.2 Å². The van der Waals surface area contributed by atoms with E-state index in [4.69, 9.17) is 28.9 Å². The molecule has 2 aromatic rings. The van der Waals surface area contributed by atoms with Crippen LogP contribution in [-0.2, 0) is 6.54 Å². The van der Waals surface area contributed by atoms with E-state index in [2.05, 4.69) is 11.0 Å². The SMILES string of the molecule is N#Cc1cc(N)c(N2CCCCCC2)n1Cc1ccc(Cl)cc1Cl. The molecular weight excluding hydrogens is 343 g/mol. The first kappa shape index (κ1) is 17.0. The first-order chi connectivity index (χ1) is 11.6. The third-order valence-corrected chi connectivity index (χ3v) is 5.05. The second-order valence-corrected chi connectivity index (χ2v) is 6.99. The Morgan fingerprint density at radius 1 is 1.08 bits per heavy atom. The van der Waals surface area contributed by atoms with Gasteiger partial charge in [0.15, 0.2) is 0 Å². The van der Waals surface area contributed by atoms with E-state index >= 15 is 0 Å². The Labute approximate surface area is 152 Å². The summed E-state index contributed by atoms with van der Waals surface area (Å²) in [5, 5.41) is 10.7. The molecule has 0 aliphatic carbocycles. The quantitative estimate of drug-likeness (QED) is 0.862. The molecule has 0 radical (unpaired) electrons. The van der Waals surface area contributed by atoms with Crippen molar-refractivity contribution in [1.82, 2.24) is 4.57 Å². The Balaban J connectivity index is 2.00. The number of anilines is 2. The number of rotatable bonds is 3. The van der Waals surface area contributed by atoms with Crippen LogP contribution in [-0.4, -0.2) is 17.7 Å². The molecule has 1 aliphatic rings. The molecule has 0 atom stereocenters. The van der Waals surface area contributed by atoms with Crippen LogP contribution in [0.25, 0.3) is 0 Å². The lowest BCUT2D eigenvalue weighted by Crippen LogP contribution is -2.27. The molecular formula is C18H20Cl2N4. The van der Waals surface area contributed by atoms with E-state index in [0.717, 1.165) is 37.3 Å². The Hall–Kier alpha value is -1.83. The highest BCUT2D eigenvalue weighted by Gasteiger charge is 2.21. The molecule has 4 nitrogen and oxygen atoms in total. The predicted molar refractivity (Wildman–Crippen MR) is 99.8 cm³/mol. The molecule has 0 spiro atoms. The molecule has 1 aromatic carbocycles. The van der Waals surface area contributed by atoms with E-state index in [9.17, 15) is 5.26 Å². The number of aromatic nitrogens is 1. The second kappa shape index (κ2) is 7.38. The average Bonchev–Trinajstić information content (AvgIpc) is 2.73. The van der Waals surface area contributed by atoms with Gasteiger partial charge < -0.3 is 15.2 Å². The number of nitrogen functional groups attached to an aromatic ring is 1. The van der Waals surface area contributed by atoms with Crippen molar-refractivity contribution in [3.05, 3.63) is 45.6 Å². The summed E-state index contributed by atoms with van der Waals surface area (Å²) in [6.45, 7) is 2.43. The van der Waals surface area contributed by atoms with Crippen molar-refractivity contribution < 1.29 is 0 Å². The summed E-state index contributed by atoms with van der Waals surface area (Å²) >= 11 is 12.3. The van der Waals surface area contributed by atoms with E-state index in [1.807, 2.05) is 16.7 Å². The maximum Gasteiger partial charge on any atom is 0.133 e. The summed E-state index contributed by atoms with van der Waals surface area (Å²) in [5.41, 5.74) is 8.37. The summed E-state index contributed by atoms with van der Waals surface area (Å²) in [6.07, 6.45) is 4.78. The lowest BCUT2D eigenvalue weighted by atomic mass is 10.2. The summed E-state index contributed by atoms with van der Waals surface area (Å²) in [4.78, 5) is 2.30. The van der Waals surface area contributed by atoms with Gasteiger partial charge in [-0.3, -0.25) is 0 Å². The minimum atomic E-state index is 0.502. The van der Waals surface area contributed by atoms with Gasteiger partial charge in [-0.25, -0.2) is 0 Å². The Morgan fingerprint density at radius 2 is 1.79 bits per heavy atom. The van der Waals surface area contributed by atoms with Gasteiger partial charge in [0.05, 0.1) is 12.2 Å². The maximum atomic E-state index is 9.50. The summed E-state index contributed by atoms with van der Waals surface area (Å²) in [6, 6.07) is 9.44. The second-order valence-electron chi connectivity index (χ2n) is 6.14. The van der Waals surface area contributed by atoms with Crippen LogP contribution in [0.4, 0.5) is 11.5 Å². The van der Waals surface area contributed by atoms with Gasteiger partial charge in [-0.1, -0.05) is 42.1 Å². The van der Waals surface area contributed by atoms with E-state index < -0.39 is 0 Å². The Kier molecular flexibility index (Phi) is 5.23. The van der Waals surface area contributed by atoms with Crippen LogP contribution in [0.5, 0.6) is 0 Å². The van der Waals surface area contributed by atoms with Crippen LogP contribution in [0.3, 0.4) is 0 Å². The molecule has 0 unspecified atom stereocenters. The number of nitriles is 1. The molecule has 0 bridgehead atoms. The van der Waals surface area contributed by atoms with E-state index in [1.165, 1.54) is 12.8 Å². The summed E-state index contributed by atoms with van der Waals surface area (Å²) in [5.74, 6) is 0.930. The zero-order valence-electron chi connectivity index (χ0n) is 13.4. The Bertz CT molecular complexity index is 768. The van der Waals surface area contributed by atoms with Gasteiger partial charge in [0.2, 0.25) is 0 Å². The fourth-order valence-electron chi connectivity index (χ4n) is 3.27. The smallest absolute Gasteiger partial charge is 0.133 e. The van der Waals surface area contributed by atoms with E-state index in [0.29, 0.717) is 28.0 Å². The van der Waals surface area contributed by atoms with Gasteiger partial charge >= 0.3 is 0 Å². The number of hydrogen-bond acceptors (Lipinski definition) is 3. The highest BCUT2D eigenvalue weighted by molar-refractivity contribution is 6.35. The molecule has 0 saturated carbocycles. The highest BCUT2D eigenvalue weighted by atomic mass is 35.5. The molecule has 2 heterocycles. The normalized spacial score (nSPS) is 15.1. The number of hydrogen-bond donors (Lipinski definition) is 1. The van der Waals surface area contributed by atoms with Gasteiger partial charge in [0.1, 0.15) is 17.6 Å². The van der Waals surface area contributed by atoms with Gasteiger partial charge in [0, 0.05) is 23.1 Å². The minimum absolute atomic E-state index is 0.502. The highest BCUT2D eigenvalue weighted by Crippen LogP contribution is 2.32. The first-order valence-electron chi connectivity index (χ1n) is 8.18. The monoisotopic (exact) mass is 362 g/mol. The molecule has 2 N–H and O–H groups in total. The van der Waals surface area contributed by atoms with Crippen LogP contribution in [0.15, 0.2) is 24.3 Å². The maximum absolute atomic E-state index is 9.50. The molecule has 24 heavy (non-hydrogen) atoms. The van der Waals surface area contributed by atoms with Gasteiger partial charge in [-0.2, -0.15) is 5.26 Å². The van der Waals surface area contributed by atoms with Crippen molar-refractivity contribution in [3.8, 4) is 6.07 Å². The molecule has 1 saturated heterocycles. The van der Waals surface area contributed by atoms with Crippen molar-refractivity contribution >= 4 is 34.7 Å². The van der Waals surface area contributed by atoms with Gasteiger partial charge in [0.25, 0.3) is 0 Å². The third kappa shape index (κ3) is 3.48. The number of nitrogens with zero attached hydrogens (tertiary/aromatic N) is 3. The molecule has 1 fully saturated rings. The summed E-state index contributed by atoms with van der Waals surface area (Å²) < 4.78 is 1.97. The number of halogens is 2. The minimum Gasteiger partial charge on any atom is -0.396 e. The topological polar surface area (TPSA) is 58.0 Å². The van der Waals surface area contributed by atoms with Gasteiger partial charge in [-0.15, -0.1) is 0 Å². The number of benzene rings is 1. The van der Waals surface area contributed by atoms with Crippen LogP contribution < -0.4 is 10.6 Å². The molecule has 1 aliphatic heterocycles. The number of nitrogens with two attached hydrogens (primary N) is 1. The average molecular weight is 363 g/mol. The van der Waals surface area contributed by atoms with Crippen LogP contribution in [0.1, 0.15) is 36.9 Å². The van der Waals surface area contributed by atoms with Crippen molar-refractivity contribution in [1.29, 1.82) is 5.26 Å². The van der Waals surface area contributed by atoms with Crippen LogP contribution in [0, 0.1) is 11.3 Å². The fraction of sp³-hybridized carbons (Fsp3) is 0.389. The zero-order valence-corrected chi connectivity index (χ0v) is 14.9. The van der Waals surface area contributed by atoms with E-state index in [1.54, 1.807) is 12.1 Å². The molecule has 126 valence electrons. The predicted octanol–water partition coefficient (Wildman–Crippen LogP) is 4.68. The van der Waals surface area contributed by atoms with Crippen molar-refractivity contribution in [3.63, 3.8) is 0 Å². The van der Waals surface area contributed by atoms with Crippen molar-refractivity contribution in [2.24, 2.45) is 0 Å². The Morgan fingerprint density at radius 3 is 2.42 bits per heavy atom. The molecule has 0 amide bonds. The van der Waals surface area contributed by atoms with Gasteiger partial charge in [-0.05, 0) is 36.6 Å². The zero-order chi connectivity index (χ0) is 17.1. The molecule has 3 rings (SSSR count).